The Hall–Kier alpha value is -1.86. The van der Waals surface area contributed by atoms with Crippen molar-refractivity contribution in [3.8, 4) is 6.07 Å². The Morgan fingerprint density at radius 3 is 2.60 bits per heavy atom. The Labute approximate surface area is 87.7 Å². The van der Waals surface area contributed by atoms with Gasteiger partial charge in [0, 0.05) is 0 Å². The number of benzene rings is 1. The van der Waals surface area contributed by atoms with Crippen LogP contribution in [0.1, 0.15) is 11.1 Å². The number of carbonyl (C=O) groups is 1. The van der Waals surface area contributed by atoms with E-state index in [1.54, 1.807) is 12.1 Å². The molecule has 1 aromatic carbocycles. The predicted molar refractivity (Wildman–Crippen MR) is 53.3 cm³/mol. The van der Waals surface area contributed by atoms with E-state index in [4.69, 9.17) is 15.1 Å². The Kier molecular flexibility index (Phi) is 4.32. The molecule has 1 aromatic rings. The highest BCUT2D eigenvalue weighted by Crippen LogP contribution is 2.03. The molecule has 78 valence electrons. The number of carboxylic acids is 1. The maximum Gasteiger partial charge on any atom is 0.329 e. The van der Waals surface area contributed by atoms with Crippen molar-refractivity contribution in [3.05, 3.63) is 35.4 Å². The van der Waals surface area contributed by atoms with Crippen molar-refractivity contribution in [3.63, 3.8) is 0 Å². The zero-order valence-electron chi connectivity index (χ0n) is 8.14. The zero-order valence-corrected chi connectivity index (χ0v) is 8.14. The van der Waals surface area contributed by atoms with E-state index in [2.05, 4.69) is 0 Å². The number of carboxylic acid groups (broad SMARTS) is 1. The van der Waals surface area contributed by atoms with Crippen LogP contribution in [0.5, 0.6) is 0 Å². The number of nitriles is 1. The van der Waals surface area contributed by atoms with Gasteiger partial charge in [0.2, 0.25) is 0 Å². The lowest BCUT2D eigenvalue weighted by Gasteiger charge is -2.01. The van der Waals surface area contributed by atoms with Crippen molar-refractivity contribution >= 4 is 5.97 Å². The van der Waals surface area contributed by atoms with E-state index in [9.17, 15) is 4.79 Å². The van der Waals surface area contributed by atoms with Gasteiger partial charge < -0.3 is 9.84 Å². The Morgan fingerprint density at radius 2 is 2.07 bits per heavy atom. The van der Waals surface area contributed by atoms with E-state index < -0.39 is 5.97 Å². The number of hydrogen-bond acceptors (Lipinski definition) is 3. The van der Waals surface area contributed by atoms with Crippen LogP contribution in [0.4, 0.5) is 0 Å². The Morgan fingerprint density at radius 1 is 1.40 bits per heavy atom. The fourth-order valence-electron chi connectivity index (χ4n) is 1.10. The van der Waals surface area contributed by atoms with Gasteiger partial charge in [0.1, 0.15) is 6.61 Å². The number of ether oxygens (including phenoxy) is 1. The molecular weight excluding hydrogens is 194 g/mol. The topological polar surface area (TPSA) is 70.3 Å². The van der Waals surface area contributed by atoms with Gasteiger partial charge in [-0.2, -0.15) is 5.26 Å². The number of hydrogen-bond donors (Lipinski definition) is 1. The Balaban J connectivity index is 2.32. The molecule has 15 heavy (non-hydrogen) atoms. The van der Waals surface area contributed by atoms with E-state index in [1.165, 1.54) is 0 Å². The molecule has 4 heteroatoms. The van der Waals surface area contributed by atoms with Gasteiger partial charge >= 0.3 is 5.97 Å². The smallest absolute Gasteiger partial charge is 0.329 e. The summed E-state index contributed by atoms with van der Waals surface area (Å²) in [6, 6.07) is 9.16. The molecule has 0 saturated heterocycles. The van der Waals surface area contributed by atoms with Crippen LogP contribution in [0.15, 0.2) is 24.3 Å². The van der Waals surface area contributed by atoms with E-state index in [-0.39, 0.29) is 6.61 Å². The van der Waals surface area contributed by atoms with Gasteiger partial charge in [0.15, 0.2) is 0 Å². The van der Waals surface area contributed by atoms with Gasteiger partial charge in [-0.05, 0) is 24.1 Å². The molecule has 0 unspecified atom stereocenters. The largest absolute Gasteiger partial charge is 0.480 e. The first-order valence-electron chi connectivity index (χ1n) is 4.51. The highest BCUT2D eigenvalue weighted by Gasteiger charge is 1.97. The van der Waals surface area contributed by atoms with Crippen molar-refractivity contribution in [2.45, 2.75) is 6.42 Å². The van der Waals surface area contributed by atoms with Crippen LogP contribution in [0.25, 0.3) is 0 Å². The summed E-state index contributed by atoms with van der Waals surface area (Å²) in [6.07, 6.45) is 0.652. The van der Waals surface area contributed by atoms with Gasteiger partial charge in [0.05, 0.1) is 18.2 Å². The van der Waals surface area contributed by atoms with E-state index in [0.717, 1.165) is 5.56 Å². The second kappa shape index (κ2) is 5.78. The zero-order chi connectivity index (χ0) is 11.1. The highest BCUT2D eigenvalue weighted by atomic mass is 16.5. The lowest BCUT2D eigenvalue weighted by Crippen LogP contribution is -2.08. The van der Waals surface area contributed by atoms with Crippen molar-refractivity contribution < 1.29 is 14.6 Å². The predicted octanol–water partition coefficient (Wildman–Crippen LogP) is 1.20. The van der Waals surface area contributed by atoms with E-state index >= 15 is 0 Å². The molecule has 0 radical (unpaired) electrons. The highest BCUT2D eigenvalue weighted by molar-refractivity contribution is 5.67. The average molecular weight is 205 g/mol. The van der Waals surface area contributed by atoms with Crippen LogP contribution < -0.4 is 0 Å². The first kappa shape index (κ1) is 11.2. The van der Waals surface area contributed by atoms with Crippen LogP contribution in [0.2, 0.25) is 0 Å². The SMILES string of the molecule is N#Cc1ccc(CCOCC(=O)O)cc1. The summed E-state index contributed by atoms with van der Waals surface area (Å²) in [5.41, 5.74) is 1.64. The normalized spacial score (nSPS) is 9.53. The third-order valence-electron chi connectivity index (χ3n) is 1.84. The van der Waals surface area contributed by atoms with Crippen molar-refractivity contribution in [1.29, 1.82) is 5.26 Å². The fraction of sp³-hybridized carbons (Fsp3) is 0.273. The summed E-state index contributed by atoms with van der Waals surface area (Å²) in [5.74, 6) is -0.963. The van der Waals surface area contributed by atoms with Gasteiger partial charge in [0.25, 0.3) is 0 Å². The van der Waals surface area contributed by atoms with E-state index in [1.807, 2.05) is 18.2 Å². The molecule has 0 saturated carbocycles. The van der Waals surface area contributed by atoms with Gasteiger partial charge in [-0.3, -0.25) is 0 Å². The summed E-state index contributed by atoms with van der Waals surface area (Å²) in [7, 11) is 0. The molecule has 0 aliphatic carbocycles. The molecule has 0 fully saturated rings. The number of rotatable bonds is 5. The first-order chi connectivity index (χ1) is 7.22. The maximum absolute atomic E-state index is 10.1. The van der Waals surface area contributed by atoms with Crippen molar-refractivity contribution in [1.82, 2.24) is 0 Å². The summed E-state index contributed by atoms with van der Waals surface area (Å²) in [5, 5.41) is 16.9. The molecule has 0 atom stereocenters. The molecule has 0 spiro atoms. The van der Waals surface area contributed by atoms with Crippen molar-refractivity contribution in [2.24, 2.45) is 0 Å². The molecular formula is C11H11NO3. The molecule has 0 aromatic heterocycles. The lowest BCUT2D eigenvalue weighted by molar-refractivity contribution is -0.142. The minimum Gasteiger partial charge on any atom is -0.480 e. The summed E-state index contributed by atoms with van der Waals surface area (Å²) >= 11 is 0. The molecule has 4 nitrogen and oxygen atoms in total. The van der Waals surface area contributed by atoms with Crippen molar-refractivity contribution in [2.75, 3.05) is 13.2 Å². The second-order valence-corrected chi connectivity index (χ2v) is 3.01. The van der Waals surface area contributed by atoms with Crippen LogP contribution in [0.3, 0.4) is 0 Å². The summed E-state index contributed by atoms with van der Waals surface area (Å²) in [6.45, 7) is 0.106. The quantitative estimate of drug-likeness (QED) is 0.733. The molecule has 0 aliphatic heterocycles. The van der Waals surface area contributed by atoms with Crippen LogP contribution in [-0.4, -0.2) is 24.3 Å². The minimum absolute atomic E-state index is 0.268. The molecule has 0 heterocycles. The van der Waals surface area contributed by atoms with Crippen LogP contribution >= 0.6 is 0 Å². The maximum atomic E-state index is 10.1. The summed E-state index contributed by atoms with van der Waals surface area (Å²) < 4.78 is 4.89. The second-order valence-electron chi connectivity index (χ2n) is 3.01. The summed E-state index contributed by atoms with van der Waals surface area (Å²) in [4.78, 5) is 10.1. The number of nitrogens with zero attached hydrogens (tertiary/aromatic N) is 1. The first-order valence-corrected chi connectivity index (χ1v) is 4.51. The van der Waals surface area contributed by atoms with Crippen LogP contribution in [0, 0.1) is 11.3 Å². The molecule has 1 N–H and O–H groups in total. The van der Waals surface area contributed by atoms with Gasteiger partial charge in [-0.25, -0.2) is 4.79 Å². The molecule has 0 amide bonds. The minimum atomic E-state index is -0.963. The molecule has 0 aliphatic rings. The standard InChI is InChI=1S/C11H11NO3/c12-7-10-3-1-9(2-4-10)5-6-15-8-11(13)14/h1-4H,5-6,8H2,(H,13,14). The third-order valence-corrected chi connectivity index (χ3v) is 1.84. The van der Waals surface area contributed by atoms with Crippen LogP contribution in [-0.2, 0) is 16.0 Å². The van der Waals surface area contributed by atoms with Gasteiger partial charge in [-0.15, -0.1) is 0 Å². The monoisotopic (exact) mass is 205 g/mol. The lowest BCUT2D eigenvalue weighted by atomic mass is 10.1. The third kappa shape index (κ3) is 4.25. The van der Waals surface area contributed by atoms with E-state index in [0.29, 0.717) is 18.6 Å². The molecule has 0 bridgehead atoms. The average Bonchev–Trinajstić information content (AvgIpc) is 2.25. The Bertz CT molecular complexity index is 364. The molecule has 1 rings (SSSR count). The van der Waals surface area contributed by atoms with Gasteiger partial charge in [-0.1, -0.05) is 12.1 Å². The fourth-order valence-corrected chi connectivity index (χ4v) is 1.10. The number of aliphatic carboxylic acids is 1.